The quantitative estimate of drug-likeness (QED) is 0.638. The standard InChI is InChI=1S/C17H28N2O4/c1-16(2,3)14(21)13-11(9-8-10-12(13)20)18-19(7)15(22)23-17(4,5)6/h18H,8-10H2,1-7H3. The average molecular weight is 324 g/mol. The number of hydrazine groups is 1. The van der Waals surface area contributed by atoms with E-state index < -0.39 is 17.1 Å². The van der Waals surface area contributed by atoms with Crippen LogP contribution in [0.5, 0.6) is 0 Å². The van der Waals surface area contributed by atoms with E-state index in [1.54, 1.807) is 41.5 Å². The monoisotopic (exact) mass is 324 g/mol. The summed E-state index contributed by atoms with van der Waals surface area (Å²) in [5.74, 6) is -0.376. The van der Waals surface area contributed by atoms with E-state index in [9.17, 15) is 14.4 Å². The number of allylic oxidation sites excluding steroid dienone is 2. The first-order valence-corrected chi connectivity index (χ1v) is 7.87. The molecule has 1 aliphatic rings. The Hall–Kier alpha value is -1.85. The van der Waals surface area contributed by atoms with Crippen LogP contribution in [0.25, 0.3) is 0 Å². The molecule has 0 aromatic heterocycles. The summed E-state index contributed by atoms with van der Waals surface area (Å²) in [6.07, 6.45) is 1.00. The number of amides is 1. The molecule has 1 amide bonds. The maximum atomic E-state index is 12.6. The van der Waals surface area contributed by atoms with E-state index >= 15 is 0 Å². The minimum absolute atomic E-state index is 0.170. The summed E-state index contributed by atoms with van der Waals surface area (Å²) in [5, 5.41) is 1.18. The van der Waals surface area contributed by atoms with Crippen LogP contribution in [-0.2, 0) is 14.3 Å². The number of Topliss-reactive ketones (excluding diaryl/α,β-unsaturated/α-hetero) is 2. The molecule has 1 aliphatic carbocycles. The summed E-state index contributed by atoms with van der Waals surface area (Å²) < 4.78 is 5.26. The number of carbonyl (C=O) groups is 3. The Labute approximate surface area is 138 Å². The van der Waals surface area contributed by atoms with Gasteiger partial charge < -0.3 is 4.74 Å². The van der Waals surface area contributed by atoms with Crippen LogP contribution in [-0.4, -0.2) is 35.3 Å². The summed E-state index contributed by atoms with van der Waals surface area (Å²) >= 11 is 0. The zero-order valence-electron chi connectivity index (χ0n) is 15.2. The second-order valence-electron chi connectivity index (χ2n) is 7.86. The third kappa shape index (κ3) is 5.37. The molecule has 0 atom stereocenters. The van der Waals surface area contributed by atoms with Crippen LogP contribution in [0.3, 0.4) is 0 Å². The van der Waals surface area contributed by atoms with Gasteiger partial charge in [-0.1, -0.05) is 20.8 Å². The summed E-state index contributed by atoms with van der Waals surface area (Å²) in [5.41, 5.74) is 2.28. The van der Waals surface area contributed by atoms with Crippen LogP contribution >= 0.6 is 0 Å². The molecule has 1 N–H and O–H groups in total. The molecule has 0 heterocycles. The predicted molar refractivity (Wildman–Crippen MR) is 87.5 cm³/mol. The van der Waals surface area contributed by atoms with E-state index in [0.29, 0.717) is 25.0 Å². The van der Waals surface area contributed by atoms with Crippen molar-refractivity contribution in [1.29, 1.82) is 0 Å². The lowest BCUT2D eigenvalue weighted by molar-refractivity contribution is -0.126. The number of nitrogens with zero attached hydrogens (tertiary/aromatic N) is 1. The van der Waals surface area contributed by atoms with Gasteiger partial charge in [-0.3, -0.25) is 15.0 Å². The van der Waals surface area contributed by atoms with Crippen molar-refractivity contribution in [2.45, 2.75) is 66.4 Å². The molecule has 130 valence electrons. The fraction of sp³-hybridized carbons (Fsp3) is 0.706. The van der Waals surface area contributed by atoms with E-state index in [0.717, 1.165) is 0 Å². The van der Waals surface area contributed by atoms with Crippen molar-refractivity contribution in [3.63, 3.8) is 0 Å². The van der Waals surface area contributed by atoms with Crippen LogP contribution in [0.4, 0.5) is 4.79 Å². The number of hydrogen-bond donors (Lipinski definition) is 1. The smallest absolute Gasteiger partial charge is 0.428 e. The molecule has 0 radical (unpaired) electrons. The molecule has 0 fully saturated rings. The van der Waals surface area contributed by atoms with Crippen molar-refractivity contribution >= 4 is 17.7 Å². The Kier molecular flexibility index (Phi) is 5.61. The topological polar surface area (TPSA) is 75.7 Å². The van der Waals surface area contributed by atoms with Gasteiger partial charge in [0.05, 0.1) is 5.57 Å². The van der Waals surface area contributed by atoms with Gasteiger partial charge in [-0.05, 0) is 33.6 Å². The first-order valence-electron chi connectivity index (χ1n) is 7.87. The molecule has 6 heteroatoms. The summed E-state index contributed by atoms with van der Waals surface area (Å²) in [6.45, 7) is 10.7. The number of carbonyl (C=O) groups excluding carboxylic acids is 3. The molecule has 0 saturated carbocycles. The molecule has 0 saturated heterocycles. The Morgan fingerprint density at radius 1 is 1.09 bits per heavy atom. The van der Waals surface area contributed by atoms with Crippen molar-refractivity contribution in [3.05, 3.63) is 11.3 Å². The van der Waals surface area contributed by atoms with Crippen molar-refractivity contribution in [3.8, 4) is 0 Å². The third-order valence-corrected chi connectivity index (χ3v) is 3.29. The molecule has 0 aliphatic heterocycles. The van der Waals surface area contributed by atoms with Gasteiger partial charge in [0, 0.05) is 24.6 Å². The highest BCUT2D eigenvalue weighted by Gasteiger charge is 2.34. The Morgan fingerprint density at radius 3 is 2.13 bits per heavy atom. The number of rotatable bonds is 3. The van der Waals surface area contributed by atoms with Gasteiger partial charge in [0.1, 0.15) is 5.60 Å². The SMILES string of the molecule is CN(NC1=C(C(=O)C(C)(C)C)C(=O)CCC1)C(=O)OC(C)(C)C. The second kappa shape index (κ2) is 6.72. The predicted octanol–water partition coefficient (Wildman–Crippen LogP) is 2.98. The van der Waals surface area contributed by atoms with E-state index in [1.807, 2.05) is 0 Å². The first-order chi connectivity index (χ1) is 10.3. The average Bonchev–Trinajstić information content (AvgIpc) is 2.35. The van der Waals surface area contributed by atoms with E-state index in [2.05, 4.69) is 5.43 Å². The van der Waals surface area contributed by atoms with Gasteiger partial charge >= 0.3 is 6.09 Å². The van der Waals surface area contributed by atoms with E-state index in [1.165, 1.54) is 12.1 Å². The lowest BCUT2D eigenvalue weighted by atomic mass is 9.80. The normalized spacial score (nSPS) is 16.2. The molecule has 0 unspecified atom stereocenters. The lowest BCUT2D eigenvalue weighted by Gasteiger charge is -2.29. The maximum Gasteiger partial charge on any atom is 0.428 e. The zero-order valence-corrected chi connectivity index (χ0v) is 15.2. The fourth-order valence-corrected chi connectivity index (χ4v) is 2.17. The summed E-state index contributed by atoms with van der Waals surface area (Å²) in [4.78, 5) is 36.8. The molecule has 0 spiro atoms. The molecule has 23 heavy (non-hydrogen) atoms. The summed E-state index contributed by atoms with van der Waals surface area (Å²) in [7, 11) is 1.51. The zero-order chi connectivity index (χ0) is 18.0. The van der Waals surface area contributed by atoms with Gasteiger partial charge in [0.2, 0.25) is 0 Å². The molecule has 0 aromatic carbocycles. The van der Waals surface area contributed by atoms with Crippen LogP contribution < -0.4 is 5.43 Å². The molecule has 1 rings (SSSR count). The highest BCUT2D eigenvalue weighted by Crippen LogP contribution is 2.28. The molecule has 0 aromatic rings. The Balaban J connectivity index is 3.03. The highest BCUT2D eigenvalue weighted by atomic mass is 16.6. The Bertz CT molecular complexity index is 536. The lowest BCUT2D eigenvalue weighted by Crippen LogP contribution is -2.44. The summed E-state index contributed by atoms with van der Waals surface area (Å²) in [6, 6.07) is 0. The number of ether oxygens (including phenoxy) is 1. The molecular formula is C17H28N2O4. The van der Waals surface area contributed by atoms with Crippen LogP contribution in [0.15, 0.2) is 11.3 Å². The van der Waals surface area contributed by atoms with Crippen molar-refractivity contribution in [2.24, 2.45) is 5.41 Å². The maximum absolute atomic E-state index is 12.6. The van der Waals surface area contributed by atoms with E-state index in [-0.39, 0.29) is 17.1 Å². The van der Waals surface area contributed by atoms with Crippen molar-refractivity contribution < 1.29 is 19.1 Å². The fourth-order valence-electron chi connectivity index (χ4n) is 2.17. The van der Waals surface area contributed by atoms with Gasteiger partial charge in [-0.15, -0.1) is 0 Å². The van der Waals surface area contributed by atoms with Gasteiger partial charge in [-0.25, -0.2) is 9.80 Å². The van der Waals surface area contributed by atoms with Crippen molar-refractivity contribution in [2.75, 3.05) is 7.05 Å². The number of hydrogen-bond acceptors (Lipinski definition) is 5. The highest BCUT2D eigenvalue weighted by molar-refractivity contribution is 6.22. The molecule has 0 bridgehead atoms. The minimum atomic E-state index is -0.653. The number of ketones is 2. The van der Waals surface area contributed by atoms with Crippen LogP contribution in [0.1, 0.15) is 60.8 Å². The van der Waals surface area contributed by atoms with Gasteiger partial charge in [0.25, 0.3) is 0 Å². The molecule has 6 nitrogen and oxygen atoms in total. The molecular weight excluding hydrogens is 296 g/mol. The first kappa shape index (κ1) is 19.2. The largest absolute Gasteiger partial charge is 0.442 e. The van der Waals surface area contributed by atoms with E-state index in [4.69, 9.17) is 4.74 Å². The van der Waals surface area contributed by atoms with Gasteiger partial charge in [0.15, 0.2) is 11.6 Å². The van der Waals surface area contributed by atoms with Crippen LogP contribution in [0, 0.1) is 5.41 Å². The van der Waals surface area contributed by atoms with Crippen molar-refractivity contribution in [1.82, 2.24) is 10.4 Å². The Morgan fingerprint density at radius 2 is 1.65 bits per heavy atom. The van der Waals surface area contributed by atoms with Gasteiger partial charge in [-0.2, -0.15) is 0 Å². The second-order valence-corrected chi connectivity index (χ2v) is 7.86. The third-order valence-electron chi connectivity index (χ3n) is 3.29. The number of nitrogens with one attached hydrogen (secondary N) is 1. The minimum Gasteiger partial charge on any atom is -0.442 e. The van der Waals surface area contributed by atoms with Crippen LogP contribution in [0.2, 0.25) is 0 Å².